The van der Waals surface area contributed by atoms with Crippen LogP contribution in [0.1, 0.15) is 42.1 Å². The van der Waals surface area contributed by atoms with Crippen LogP contribution in [0.15, 0.2) is 54.6 Å². The van der Waals surface area contributed by atoms with E-state index in [1.54, 1.807) is 30.3 Å². The summed E-state index contributed by atoms with van der Waals surface area (Å²) in [5, 5.41) is 5.23. The molecule has 6 nitrogen and oxygen atoms in total. The van der Waals surface area contributed by atoms with E-state index in [4.69, 9.17) is 4.74 Å². The summed E-state index contributed by atoms with van der Waals surface area (Å²) in [7, 11) is 0. The van der Waals surface area contributed by atoms with Gasteiger partial charge in [-0.05, 0) is 36.1 Å². The summed E-state index contributed by atoms with van der Waals surface area (Å²) in [5.41, 5.74) is 2.20. The number of para-hydroxylation sites is 1. The Morgan fingerprint density at radius 1 is 1.00 bits per heavy atom. The van der Waals surface area contributed by atoms with Gasteiger partial charge >= 0.3 is 5.97 Å². The third kappa shape index (κ3) is 6.26. The molecular formula is C21H24N2O4. The van der Waals surface area contributed by atoms with E-state index in [1.165, 1.54) is 0 Å². The van der Waals surface area contributed by atoms with Crippen LogP contribution in [-0.4, -0.2) is 30.9 Å². The van der Waals surface area contributed by atoms with E-state index in [0.29, 0.717) is 17.2 Å². The molecule has 2 amide bonds. The molecule has 0 aliphatic heterocycles. The molecule has 2 N–H and O–H groups in total. The van der Waals surface area contributed by atoms with Gasteiger partial charge < -0.3 is 15.4 Å². The smallest absolute Gasteiger partial charge is 0.325 e. The average molecular weight is 368 g/mol. The van der Waals surface area contributed by atoms with Gasteiger partial charge in [0, 0.05) is 11.3 Å². The lowest BCUT2D eigenvalue weighted by Crippen LogP contribution is -2.32. The number of hydrogen-bond donors (Lipinski definition) is 2. The minimum absolute atomic E-state index is 0.301. The predicted octanol–water partition coefficient (Wildman–Crippen LogP) is 3.11. The maximum Gasteiger partial charge on any atom is 0.325 e. The summed E-state index contributed by atoms with van der Waals surface area (Å²) in [6.07, 6.45) is 0.947. The number of rotatable bonds is 8. The minimum atomic E-state index is -0.676. The molecule has 1 atom stereocenters. The highest BCUT2D eigenvalue weighted by atomic mass is 16.5. The first-order valence-electron chi connectivity index (χ1n) is 8.89. The number of benzene rings is 2. The molecule has 0 saturated heterocycles. The second-order valence-electron chi connectivity index (χ2n) is 6.15. The number of amides is 2. The first-order valence-corrected chi connectivity index (χ1v) is 8.89. The van der Waals surface area contributed by atoms with Gasteiger partial charge in [-0.2, -0.15) is 0 Å². The highest BCUT2D eigenvalue weighted by Gasteiger charge is 2.13. The Labute approximate surface area is 158 Å². The third-order valence-electron chi connectivity index (χ3n) is 4.17. The summed E-state index contributed by atoms with van der Waals surface area (Å²) < 4.78 is 4.92. The maximum absolute atomic E-state index is 12.1. The van der Waals surface area contributed by atoms with Crippen molar-refractivity contribution in [2.45, 2.75) is 26.2 Å². The van der Waals surface area contributed by atoms with Crippen molar-refractivity contribution in [2.24, 2.45) is 0 Å². The van der Waals surface area contributed by atoms with Gasteiger partial charge in [0.2, 0.25) is 0 Å². The molecule has 2 rings (SSSR count). The van der Waals surface area contributed by atoms with Crippen molar-refractivity contribution in [3.8, 4) is 0 Å². The highest BCUT2D eigenvalue weighted by Crippen LogP contribution is 2.26. The van der Waals surface area contributed by atoms with Crippen LogP contribution in [0.4, 0.5) is 5.69 Å². The first-order chi connectivity index (χ1) is 13.0. The zero-order valence-corrected chi connectivity index (χ0v) is 15.5. The van der Waals surface area contributed by atoms with Gasteiger partial charge in [0.05, 0.1) is 0 Å². The van der Waals surface area contributed by atoms with E-state index in [2.05, 4.69) is 24.5 Å². The molecule has 0 bridgehead atoms. The zero-order valence-electron chi connectivity index (χ0n) is 15.5. The Balaban J connectivity index is 1.79. The molecule has 0 fully saturated rings. The molecule has 0 spiro atoms. The fraction of sp³-hybridized carbons (Fsp3) is 0.286. The minimum Gasteiger partial charge on any atom is -0.454 e. The predicted molar refractivity (Wildman–Crippen MR) is 104 cm³/mol. The van der Waals surface area contributed by atoms with Crippen molar-refractivity contribution in [1.29, 1.82) is 0 Å². The lowest BCUT2D eigenvalue weighted by atomic mass is 9.97. The van der Waals surface area contributed by atoms with Crippen LogP contribution in [0.5, 0.6) is 0 Å². The Bertz CT molecular complexity index is 790. The van der Waals surface area contributed by atoms with E-state index in [-0.39, 0.29) is 12.5 Å². The van der Waals surface area contributed by atoms with Crippen molar-refractivity contribution in [3.63, 3.8) is 0 Å². The van der Waals surface area contributed by atoms with Gasteiger partial charge in [0.1, 0.15) is 6.54 Å². The molecule has 2 aromatic rings. The largest absolute Gasteiger partial charge is 0.454 e. The molecule has 6 heteroatoms. The number of nitrogens with one attached hydrogen (secondary N) is 2. The molecule has 0 saturated carbocycles. The van der Waals surface area contributed by atoms with E-state index in [1.807, 2.05) is 24.3 Å². The van der Waals surface area contributed by atoms with Crippen LogP contribution in [0.3, 0.4) is 0 Å². The normalized spacial score (nSPS) is 11.3. The van der Waals surface area contributed by atoms with Crippen LogP contribution >= 0.6 is 0 Å². The molecule has 27 heavy (non-hydrogen) atoms. The van der Waals surface area contributed by atoms with Crippen LogP contribution in [-0.2, 0) is 14.3 Å². The van der Waals surface area contributed by atoms with Gasteiger partial charge in [-0.15, -0.1) is 0 Å². The fourth-order valence-electron chi connectivity index (χ4n) is 2.49. The number of ether oxygens (including phenoxy) is 1. The standard InChI is InChI=1S/C21H24N2O4/c1-3-15(2)17-11-7-8-12-18(17)23-19(24)14-27-20(25)13-22-21(26)16-9-5-4-6-10-16/h4-12,15H,3,13-14H2,1-2H3,(H,22,26)(H,23,24)/t15-/m1/s1. The van der Waals surface area contributed by atoms with Gasteiger partial charge in [-0.1, -0.05) is 50.2 Å². The Morgan fingerprint density at radius 2 is 1.67 bits per heavy atom. The molecule has 2 aromatic carbocycles. The van der Waals surface area contributed by atoms with E-state index in [9.17, 15) is 14.4 Å². The Morgan fingerprint density at radius 3 is 2.37 bits per heavy atom. The number of esters is 1. The molecule has 0 aromatic heterocycles. The lowest BCUT2D eigenvalue weighted by molar-refractivity contribution is -0.146. The molecule has 0 aliphatic carbocycles. The molecule has 0 aliphatic rings. The fourth-order valence-corrected chi connectivity index (χ4v) is 2.49. The number of carbonyl (C=O) groups is 3. The van der Waals surface area contributed by atoms with Crippen molar-refractivity contribution in [1.82, 2.24) is 5.32 Å². The molecule has 142 valence electrons. The van der Waals surface area contributed by atoms with E-state index < -0.39 is 18.5 Å². The van der Waals surface area contributed by atoms with E-state index in [0.717, 1.165) is 12.0 Å². The van der Waals surface area contributed by atoms with Gasteiger partial charge in [-0.25, -0.2) is 0 Å². The van der Waals surface area contributed by atoms with Crippen LogP contribution in [0.25, 0.3) is 0 Å². The summed E-state index contributed by atoms with van der Waals surface area (Å²) in [4.78, 5) is 35.7. The number of hydrogen-bond acceptors (Lipinski definition) is 4. The molecule has 0 heterocycles. The second kappa shape index (κ2) is 10.1. The van der Waals surface area contributed by atoms with Crippen molar-refractivity contribution in [2.75, 3.05) is 18.5 Å². The molecule has 0 unspecified atom stereocenters. The summed E-state index contributed by atoms with van der Waals surface area (Å²) in [6, 6.07) is 16.1. The Hall–Kier alpha value is -3.15. The molecular weight excluding hydrogens is 344 g/mol. The Kier molecular flexibility index (Phi) is 7.55. The monoisotopic (exact) mass is 368 g/mol. The van der Waals surface area contributed by atoms with Crippen molar-refractivity contribution < 1.29 is 19.1 Å². The van der Waals surface area contributed by atoms with Gasteiger partial charge in [0.15, 0.2) is 6.61 Å². The lowest BCUT2D eigenvalue weighted by Gasteiger charge is -2.15. The summed E-state index contributed by atoms with van der Waals surface area (Å²) in [6.45, 7) is 3.45. The van der Waals surface area contributed by atoms with Crippen molar-refractivity contribution >= 4 is 23.5 Å². The van der Waals surface area contributed by atoms with Gasteiger partial charge in [-0.3, -0.25) is 14.4 Å². The van der Waals surface area contributed by atoms with Crippen molar-refractivity contribution in [3.05, 3.63) is 65.7 Å². The first kappa shape index (κ1) is 20.2. The average Bonchev–Trinajstić information content (AvgIpc) is 2.71. The topological polar surface area (TPSA) is 84.5 Å². The zero-order chi connectivity index (χ0) is 19.6. The van der Waals surface area contributed by atoms with E-state index >= 15 is 0 Å². The quantitative estimate of drug-likeness (QED) is 0.701. The third-order valence-corrected chi connectivity index (χ3v) is 4.17. The number of carbonyl (C=O) groups excluding carboxylic acids is 3. The highest BCUT2D eigenvalue weighted by molar-refractivity contribution is 5.96. The van der Waals surface area contributed by atoms with Gasteiger partial charge in [0.25, 0.3) is 11.8 Å². The number of anilines is 1. The maximum atomic E-state index is 12.1. The van der Waals surface area contributed by atoms with Crippen LogP contribution in [0.2, 0.25) is 0 Å². The summed E-state index contributed by atoms with van der Waals surface area (Å²) >= 11 is 0. The SMILES string of the molecule is CC[C@@H](C)c1ccccc1NC(=O)COC(=O)CNC(=O)c1ccccc1. The van der Waals surface area contributed by atoms with Crippen LogP contribution < -0.4 is 10.6 Å². The molecule has 0 radical (unpaired) electrons. The second-order valence-corrected chi connectivity index (χ2v) is 6.15. The van der Waals surface area contributed by atoms with Crippen LogP contribution in [0, 0.1) is 0 Å². The summed E-state index contributed by atoms with van der Waals surface area (Å²) in [5.74, 6) is -1.17.